The lowest BCUT2D eigenvalue weighted by Gasteiger charge is -2.32. The highest BCUT2D eigenvalue weighted by Gasteiger charge is 2.25. The standard InChI is InChI=1S/C5H13NO2Si/c7-6-5(9)3-1-2-4-8-5/h6-7H,1-4H2,9H3. The molecule has 1 aliphatic heterocycles. The molecular weight excluding hydrogens is 134 g/mol. The van der Waals surface area contributed by atoms with E-state index in [1.54, 1.807) is 0 Å². The van der Waals surface area contributed by atoms with E-state index in [1.807, 2.05) is 0 Å². The maximum absolute atomic E-state index is 8.61. The first-order valence-electron chi connectivity index (χ1n) is 3.32. The first-order valence-corrected chi connectivity index (χ1v) is 4.32. The molecule has 0 amide bonds. The minimum Gasteiger partial charge on any atom is -0.363 e. The lowest BCUT2D eigenvalue weighted by molar-refractivity contribution is -0.107. The SMILES string of the molecule is ONC1([SiH3])CCCCO1. The molecule has 1 atom stereocenters. The zero-order valence-corrected chi connectivity index (χ0v) is 7.68. The van der Waals surface area contributed by atoms with Gasteiger partial charge < -0.3 is 9.94 Å². The Kier molecular flexibility index (Phi) is 2.23. The minimum atomic E-state index is -0.335. The van der Waals surface area contributed by atoms with Gasteiger partial charge in [-0.3, -0.25) is 0 Å². The summed E-state index contributed by atoms with van der Waals surface area (Å²) in [7, 11) is 0.847. The monoisotopic (exact) mass is 147 g/mol. The minimum absolute atomic E-state index is 0.335. The fraction of sp³-hybridized carbons (Fsp3) is 1.00. The molecule has 0 spiro atoms. The van der Waals surface area contributed by atoms with Gasteiger partial charge in [-0.2, -0.15) is 5.48 Å². The van der Waals surface area contributed by atoms with Gasteiger partial charge in [-0.05, 0) is 19.3 Å². The summed E-state index contributed by atoms with van der Waals surface area (Å²) in [5, 5.41) is 8.27. The lowest BCUT2D eigenvalue weighted by atomic mass is 10.2. The van der Waals surface area contributed by atoms with Gasteiger partial charge in [0.2, 0.25) is 0 Å². The van der Waals surface area contributed by atoms with Crippen molar-refractivity contribution in [2.45, 2.75) is 24.6 Å². The van der Waals surface area contributed by atoms with E-state index in [1.165, 1.54) is 0 Å². The molecule has 9 heavy (non-hydrogen) atoms. The Bertz CT molecular complexity index is 93.0. The number of rotatable bonds is 1. The van der Waals surface area contributed by atoms with Crippen LogP contribution in [0, 0.1) is 0 Å². The Morgan fingerprint density at radius 2 is 2.33 bits per heavy atom. The van der Waals surface area contributed by atoms with E-state index in [4.69, 9.17) is 9.94 Å². The predicted molar refractivity (Wildman–Crippen MR) is 37.4 cm³/mol. The summed E-state index contributed by atoms with van der Waals surface area (Å²) in [5.74, 6) is 0. The van der Waals surface area contributed by atoms with E-state index in [0.717, 1.165) is 36.1 Å². The Morgan fingerprint density at radius 1 is 1.56 bits per heavy atom. The van der Waals surface area contributed by atoms with Crippen molar-refractivity contribution >= 4 is 10.2 Å². The van der Waals surface area contributed by atoms with E-state index < -0.39 is 0 Å². The van der Waals surface area contributed by atoms with Crippen molar-refractivity contribution in [1.82, 2.24) is 5.48 Å². The second-order valence-electron chi connectivity index (χ2n) is 2.65. The summed E-state index contributed by atoms with van der Waals surface area (Å²) in [6, 6.07) is 0. The van der Waals surface area contributed by atoms with Crippen molar-refractivity contribution in [1.29, 1.82) is 0 Å². The first kappa shape index (κ1) is 7.21. The summed E-state index contributed by atoms with van der Waals surface area (Å²) < 4.78 is 5.32. The van der Waals surface area contributed by atoms with Gasteiger partial charge in [0.1, 0.15) is 5.35 Å². The topological polar surface area (TPSA) is 41.5 Å². The molecule has 1 saturated heterocycles. The van der Waals surface area contributed by atoms with Gasteiger partial charge >= 0.3 is 0 Å². The van der Waals surface area contributed by atoms with Gasteiger partial charge in [0.15, 0.2) is 0 Å². The highest BCUT2D eigenvalue weighted by Crippen LogP contribution is 2.17. The third kappa shape index (κ3) is 1.75. The van der Waals surface area contributed by atoms with E-state index >= 15 is 0 Å². The number of nitrogens with one attached hydrogen (secondary N) is 1. The third-order valence-electron chi connectivity index (χ3n) is 1.71. The second-order valence-corrected chi connectivity index (χ2v) is 4.26. The molecule has 3 nitrogen and oxygen atoms in total. The van der Waals surface area contributed by atoms with Gasteiger partial charge in [-0.15, -0.1) is 0 Å². The summed E-state index contributed by atoms with van der Waals surface area (Å²) in [4.78, 5) is 0. The van der Waals surface area contributed by atoms with Crippen LogP contribution in [0.3, 0.4) is 0 Å². The molecular formula is C5H13NO2Si. The van der Waals surface area contributed by atoms with Crippen molar-refractivity contribution in [3.05, 3.63) is 0 Å². The molecule has 0 radical (unpaired) electrons. The van der Waals surface area contributed by atoms with Gasteiger partial charge in [-0.1, -0.05) is 0 Å². The van der Waals surface area contributed by atoms with Crippen molar-refractivity contribution < 1.29 is 9.94 Å². The maximum Gasteiger partial charge on any atom is 0.116 e. The molecule has 0 aromatic rings. The number of ether oxygens (including phenoxy) is 1. The molecule has 0 aliphatic carbocycles. The molecule has 0 aromatic heterocycles. The molecule has 1 heterocycles. The fourth-order valence-electron chi connectivity index (χ4n) is 1.02. The Balaban J connectivity index is 2.37. The zero-order chi connectivity index (χ0) is 6.74. The molecule has 2 N–H and O–H groups in total. The average Bonchev–Trinajstić information content (AvgIpc) is 1.90. The zero-order valence-electron chi connectivity index (χ0n) is 5.68. The van der Waals surface area contributed by atoms with E-state index in [0.29, 0.717) is 0 Å². The summed E-state index contributed by atoms with van der Waals surface area (Å²) in [5.41, 5.74) is 2.22. The van der Waals surface area contributed by atoms with Crippen LogP contribution in [0.15, 0.2) is 0 Å². The molecule has 1 rings (SSSR count). The van der Waals surface area contributed by atoms with Crippen LogP contribution >= 0.6 is 0 Å². The van der Waals surface area contributed by atoms with E-state index in [9.17, 15) is 0 Å². The second kappa shape index (κ2) is 2.79. The Hall–Kier alpha value is 0.0969. The smallest absolute Gasteiger partial charge is 0.116 e. The summed E-state index contributed by atoms with van der Waals surface area (Å²) in [6.45, 7) is 0.789. The van der Waals surface area contributed by atoms with Gasteiger partial charge in [0, 0.05) is 6.61 Å². The van der Waals surface area contributed by atoms with Gasteiger partial charge in [-0.25, -0.2) is 0 Å². The molecule has 4 heteroatoms. The van der Waals surface area contributed by atoms with Crippen molar-refractivity contribution in [2.24, 2.45) is 0 Å². The lowest BCUT2D eigenvalue weighted by Crippen LogP contribution is -2.48. The number of hydrogen-bond donors (Lipinski definition) is 2. The van der Waals surface area contributed by atoms with Gasteiger partial charge in [0.05, 0.1) is 10.2 Å². The van der Waals surface area contributed by atoms with Crippen LogP contribution in [0.1, 0.15) is 19.3 Å². The normalized spacial score (nSPS) is 37.0. The van der Waals surface area contributed by atoms with Crippen LogP contribution in [-0.4, -0.2) is 27.4 Å². The van der Waals surface area contributed by atoms with Crippen LogP contribution in [0.5, 0.6) is 0 Å². The molecule has 0 bridgehead atoms. The van der Waals surface area contributed by atoms with Gasteiger partial charge in [0.25, 0.3) is 0 Å². The molecule has 54 valence electrons. The van der Waals surface area contributed by atoms with Crippen LogP contribution in [0.25, 0.3) is 0 Å². The van der Waals surface area contributed by atoms with Crippen molar-refractivity contribution in [3.8, 4) is 0 Å². The van der Waals surface area contributed by atoms with Crippen molar-refractivity contribution in [2.75, 3.05) is 6.61 Å². The van der Waals surface area contributed by atoms with E-state index in [-0.39, 0.29) is 5.35 Å². The molecule has 1 fully saturated rings. The number of hydroxylamine groups is 1. The quantitative estimate of drug-likeness (QED) is 0.376. The van der Waals surface area contributed by atoms with Crippen LogP contribution < -0.4 is 5.48 Å². The summed E-state index contributed by atoms with van der Waals surface area (Å²) in [6.07, 6.45) is 3.25. The maximum atomic E-state index is 8.61. The fourth-order valence-corrected chi connectivity index (χ4v) is 1.58. The highest BCUT2D eigenvalue weighted by molar-refractivity contribution is 6.14. The van der Waals surface area contributed by atoms with Crippen LogP contribution in [0.4, 0.5) is 0 Å². The Labute approximate surface area is 57.8 Å². The summed E-state index contributed by atoms with van der Waals surface area (Å²) >= 11 is 0. The Morgan fingerprint density at radius 3 is 2.67 bits per heavy atom. The van der Waals surface area contributed by atoms with Crippen molar-refractivity contribution in [3.63, 3.8) is 0 Å². The molecule has 1 aliphatic rings. The van der Waals surface area contributed by atoms with Crippen LogP contribution in [-0.2, 0) is 4.74 Å². The molecule has 1 unspecified atom stereocenters. The molecule has 0 aromatic carbocycles. The first-order chi connectivity index (χ1) is 4.27. The highest BCUT2D eigenvalue weighted by atomic mass is 28.1. The largest absolute Gasteiger partial charge is 0.363 e. The third-order valence-corrected chi connectivity index (χ3v) is 2.72. The average molecular weight is 147 g/mol. The number of hydrogen-bond acceptors (Lipinski definition) is 3. The van der Waals surface area contributed by atoms with E-state index in [2.05, 4.69) is 5.48 Å². The molecule has 0 saturated carbocycles. The van der Waals surface area contributed by atoms with Crippen LogP contribution in [0.2, 0.25) is 0 Å². The predicted octanol–water partition coefficient (Wildman–Crippen LogP) is -0.815.